The Morgan fingerprint density at radius 1 is 1.02 bits per heavy atom. The lowest BCUT2D eigenvalue weighted by Crippen LogP contribution is -2.54. The number of imide groups is 1. The molecule has 12 nitrogen and oxygen atoms in total. The molecule has 2 heterocycles. The minimum Gasteiger partial charge on any atom is -0.497 e. The second-order valence-electron chi connectivity index (χ2n) is 9.96. The largest absolute Gasteiger partial charge is 0.497 e. The summed E-state index contributed by atoms with van der Waals surface area (Å²) in [5.41, 5.74) is 6.10. The first-order valence-electron chi connectivity index (χ1n) is 13.2. The molecule has 2 aliphatic heterocycles. The van der Waals surface area contributed by atoms with Crippen molar-refractivity contribution < 1.29 is 38.9 Å². The molecule has 1 fully saturated rings. The number of benzene rings is 3. The zero-order valence-corrected chi connectivity index (χ0v) is 22.9. The Morgan fingerprint density at radius 2 is 1.67 bits per heavy atom. The van der Waals surface area contributed by atoms with Crippen LogP contribution in [0.5, 0.6) is 11.5 Å². The lowest BCUT2D eigenvalue weighted by atomic mass is 9.65. The number of nitrogens with one attached hydrogen (secondary N) is 2. The molecule has 42 heavy (non-hydrogen) atoms. The van der Waals surface area contributed by atoms with Gasteiger partial charge in [0.1, 0.15) is 35.5 Å². The molecule has 5 rings (SSSR count). The van der Waals surface area contributed by atoms with Crippen LogP contribution in [0.1, 0.15) is 17.2 Å². The quantitative estimate of drug-likeness (QED) is 0.267. The van der Waals surface area contributed by atoms with E-state index in [1.165, 1.54) is 7.05 Å². The molecule has 12 heteroatoms. The third-order valence-corrected chi connectivity index (χ3v) is 7.85. The van der Waals surface area contributed by atoms with E-state index in [-0.39, 0.29) is 24.5 Å². The molecule has 218 valence electrons. The van der Waals surface area contributed by atoms with Crippen molar-refractivity contribution in [2.75, 3.05) is 32.3 Å². The first-order chi connectivity index (χ1) is 20.2. The van der Waals surface area contributed by atoms with Crippen LogP contribution >= 0.6 is 0 Å². The van der Waals surface area contributed by atoms with Gasteiger partial charge in [-0.1, -0.05) is 30.3 Å². The van der Waals surface area contributed by atoms with Crippen molar-refractivity contribution in [1.82, 2.24) is 10.6 Å². The predicted octanol–water partition coefficient (Wildman–Crippen LogP) is 1.56. The standard InChI is InChI=1S/C30H30N4O8/c1-32-29(40)34-22-12-7-18(16-3-8-19(41-2)9-4-16)15-21(22)30(28(34)39)23(27(37)38)24(26(31)36)33-25(30)17-5-10-20(11-6-17)42-14-13-35/h3-12,15,23-25,33,35H,13-14H2,1-2H3,(H2,31,36)(H,32,40)(H,37,38)/t23-,24-,25+,30-/m1/s1. The normalized spacial score (nSPS) is 22.6. The van der Waals surface area contributed by atoms with Crippen LogP contribution in [0.2, 0.25) is 0 Å². The first-order valence-corrected chi connectivity index (χ1v) is 13.2. The Morgan fingerprint density at radius 3 is 2.24 bits per heavy atom. The Kier molecular flexibility index (Phi) is 7.59. The summed E-state index contributed by atoms with van der Waals surface area (Å²) in [6.45, 7) is -0.121. The molecule has 2 aliphatic rings. The fourth-order valence-electron chi connectivity index (χ4n) is 6.04. The summed E-state index contributed by atoms with van der Waals surface area (Å²) in [7, 11) is 2.91. The summed E-state index contributed by atoms with van der Waals surface area (Å²) in [6.07, 6.45) is 0. The highest BCUT2D eigenvalue weighted by atomic mass is 16.5. The van der Waals surface area contributed by atoms with E-state index in [0.717, 1.165) is 10.5 Å². The van der Waals surface area contributed by atoms with Crippen molar-refractivity contribution in [3.05, 3.63) is 77.9 Å². The van der Waals surface area contributed by atoms with Gasteiger partial charge in [0, 0.05) is 7.05 Å². The number of primary amides is 1. The van der Waals surface area contributed by atoms with Gasteiger partial charge in [-0.05, 0) is 58.7 Å². The minimum absolute atomic E-state index is 0.0664. The van der Waals surface area contributed by atoms with Gasteiger partial charge >= 0.3 is 12.0 Å². The number of amides is 4. The molecule has 1 spiro atoms. The number of rotatable bonds is 8. The number of carbonyl (C=O) groups excluding carboxylic acids is 3. The van der Waals surface area contributed by atoms with E-state index in [2.05, 4.69) is 10.6 Å². The number of nitrogens with two attached hydrogens (primary N) is 1. The summed E-state index contributed by atoms with van der Waals surface area (Å²) in [4.78, 5) is 54.2. The molecule has 0 aromatic heterocycles. The molecular weight excluding hydrogens is 544 g/mol. The van der Waals surface area contributed by atoms with Gasteiger partial charge in [0.05, 0.1) is 25.4 Å². The number of methoxy groups -OCH3 is 1. The number of aliphatic carboxylic acids is 1. The van der Waals surface area contributed by atoms with Gasteiger partial charge in [-0.15, -0.1) is 0 Å². The number of carbonyl (C=O) groups is 4. The van der Waals surface area contributed by atoms with Crippen LogP contribution in [0.3, 0.4) is 0 Å². The highest BCUT2D eigenvalue weighted by Gasteiger charge is 2.70. The van der Waals surface area contributed by atoms with Crippen molar-refractivity contribution in [1.29, 1.82) is 0 Å². The maximum absolute atomic E-state index is 14.5. The average molecular weight is 575 g/mol. The van der Waals surface area contributed by atoms with Gasteiger partial charge in [-0.3, -0.25) is 19.7 Å². The molecule has 4 amide bonds. The van der Waals surface area contributed by atoms with E-state index in [1.54, 1.807) is 61.7 Å². The molecule has 1 saturated heterocycles. The van der Waals surface area contributed by atoms with Gasteiger partial charge in [0.2, 0.25) is 11.8 Å². The fraction of sp³-hybridized carbons (Fsp3) is 0.267. The summed E-state index contributed by atoms with van der Waals surface area (Å²) < 4.78 is 10.7. The van der Waals surface area contributed by atoms with Gasteiger partial charge in [-0.2, -0.15) is 0 Å². The van der Waals surface area contributed by atoms with Crippen molar-refractivity contribution in [2.45, 2.75) is 17.5 Å². The molecule has 3 aromatic carbocycles. The van der Waals surface area contributed by atoms with E-state index in [4.69, 9.17) is 20.3 Å². The first kappa shape index (κ1) is 28.6. The van der Waals surface area contributed by atoms with Gasteiger partial charge < -0.3 is 30.7 Å². The molecule has 0 saturated carbocycles. The molecule has 0 radical (unpaired) electrons. The van der Waals surface area contributed by atoms with E-state index in [1.807, 2.05) is 12.1 Å². The molecule has 0 unspecified atom stereocenters. The van der Waals surface area contributed by atoms with E-state index in [0.29, 0.717) is 22.6 Å². The summed E-state index contributed by atoms with van der Waals surface area (Å²) in [5, 5.41) is 25.1. The molecule has 4 atom stereocenters. The maximum Gasteiger partial charge on any atom is 0.328 e. The number of ether oxygens (including phenoxy) is 2. The van der Waals surface area contributed by atoms with Crippen LogP contribution in [0.4, 0.5) is 10.5 Å². The lowest BCUT2D eigenvalue weighted by molar-refractivity contribution is -0.148. The Hall–Kier alpha value is -4.94. The molecule has 0 aliphatic carbocycles. The van der Waals surface area contributed by atoms with E-state index in [9.17, 15) is 24.3 Å². The number of nitrogens with zero attached hydrogens (tertiary/aromatic N) is 1. The zero-order valence-electron chi connectivity index (χ0n) is 22.9. The number of urea groups is 1. The third kappa shape index (κ3) is 4.41. The van der Waals surface area contributed by atoms with Gasteiger partial charge in [0.15, 0.2) is 0 Å². The van der Waals surface area contributed by atoms with Crippen LogP contribution in [0.25, 0.3) is 11.1 Å². The summed E-state index contributed by atoms with van der Waals surface area (Å²) in [6, 6.07) is 15.4. The van der Waals surface area contributed by atoms with Crippen LogP contribution in [-0.4, -0.2) is 67.4 Å². The lowest BCUT2D eigenvalue weighted by Gasteiger charge is -2.33. The summed E-state index contributed by atoms with van der Waals surface area (Å²) >= 11 is 0. The van der Waals surface area contributed by atoms with Crippen LogP contribution in [0, 0.1) is 5.92 Å². The van der Waals surface area contributed by atoms with Crippen molar-refractivity contribution in [3.63, 3.8) is 0 Å². The number of aliphatic hydroxyl groups is 1. The second-order valence-corrected chi connectivity index (χ2v) is 9.96. The van der Waals surface area contributed by atoms with Crippen LogP contribution in [-0.2, 0) is 19.8 Å². The minimum atomic E-state index is -1.94. The monoisotopic (exact) mass is 574 g/mol. The van der Waals surface area contributed by atoms with E-state index < -0.39 is 47.2 Å². The summed E-state index contributed by atoms with van der Waals surface area (Å²) in [5.74, 6) is -3.77. The Balaban J connectivity index is 1.77. The SMILES string of the molecule is CNC(=O)N1C(=O)[C@@]2(c3cc(-c4ccc(OC)cc4)ccc31)[C@H](c1ccc(OCCO)cc1)N[C@@H](C(N)=O)[C@@H]2C(=O)O. The number of carboxylic acids is 1. The number of fused-ring (bicyclic) bond motifs is 2. The predicted molar refractivity (Wildman–Crippen MR) is 151 cm³/mol. The molecule has 0 bridgehead atoms. The van der Waals surface area contributed by atoms with Gasteiger partial charge in [-0.25, -0.2) is 9.69 Å². The van der Waals surface area contributed by atoms with Gasteiger partial charge in [0.25, 0.3) is 0 Å². The highest BCUT2D eigenvalue weighted by Crippen LogP contribution is 2.58. The van der Waals surface area contributed by atoms with Crippen molar-refractivity contribution >= 4 is 29.5 Å². The van der Waals surface area contributed by atoms with Crippen LogP contribution in [0.15, 0.2) is 66.7 Å². The Labute approximate surface area is 241 Å². The second kappa shape index (κ2) is 11.1. The van der Waals surface area contributed by atoms with E-state index >= 15 is 0 Å². The highest BCUT2D eigenvalue weighted by molar-refractivity contribution is 6.24. The smallest absolute Gasteiger partial charge is 0.328 e. The number of anilines is 1. The third-order valence-electron chi connectivity index (χ3n) is 7.85. The number of hydrogen-bond acceptors (Lipinski definition) is 8. The fourth-order valence-corrected chi connectivity index (χ4v) is 6.04. The number of hydrogen-bond donors (Lipinski definition) is 5. The zero-order chi connectivity index (χ0) is 30.2. The maximum atomic E-state index is 14.5. The van der Waals surface area contributed by atoms with Crippen molar-refractivity contribution in [2.24, 2.45) is 11.7 Å². The molecular formula is C30H30N4O8. The van der Waals surface area contributed by atoms with Crippen LogP contribution < -0.4 is 30.7 Å². The number of aliphatic hydroxyl groups excluding tert-OH is 1. The molecule has 6 N–H and O–H groups in total. The number of carboxylic acid groups (broad SMARTS) is 1. The average Bonchev–Trinajstić information content (AvgIpc) is 3.49. The topological polar surface area (TPSA) is 181 Å². The van der Waals surface area contributed by atoms with Crippen molar-refractivity contribution in [3.8, 4) is 22.6 Å². The molecule has 3 aromatic rings. The Bertz CT molecular complexity index is 1540.